The number of aliphatic imine (C=N–C) groups is 1. The van der Waals surface area contributed by atoms with Gasteiger partial charge in [0.15, 0.2) is 0 Å². The average molecular weight is 199 g/mol. The molecule has 0 fully saturated rings. The van der Waals surface area contributed by atoms with Crippen LogP contribution in [0.5, 0.6) is 0 Å². The average Bonchev–Trinajstić information content (AvgIpc) is 1.92. The van der Waals surface area contributed by atoms with E-state index in [1.54, 1.807) is 11.8 Å². The van der Waals surface area contributed by atoms with Crippen molar-refractivity contribution >= 4 is 22.7 Å². The number of hydrogen-bond donors (Lipinski definition) is 0. The van der Waals surface area contributed by atoms with Gasteiger partial charge in [0.05, 0.1) is 10.5 Å². The van der Waals surface area contributed by atoms with Gasteiger partial charge in [-0.25, -0.2) is 4.99 Å². The second-order valence-corrected chi connectivity index (χ2v) is 6.11. The molecule has 0 atom stereocenters. The van der Waals surface area contributed by atoms with Crippen molar-refractivity contribution in [2.45, 2.75) is 34.6 Å². The molecule has 0 unspecified atom stereocenters. The largest absolute Gasteiger partial charge is 0.272 e. The summed E-state index contributed by atoms with van der Waals surface area (Å²) in [7, 11) is 0. The van der Waals surface area contributed by atoms with E-state index in [9.17, 15) is 4.79 Å². The number of carbonyl (C=O) groups is 1. The maximum absolute atomic E-state index is 11.6. The summed E-state index contributed by atoms with van der Waals surface area (Å²) in [6, 6.07) is 0. The minimum atomic E-state index is -0.278. The van der Waals surface area contributed by atoms with Gasteiger partial charge >= 0.3 is 0 Å². The summed E-state index contributed by atoms with van der Waals surface area (Å²) in [5.41, 5.74) is -0.268. The van der Waals surface area contributed by atoms with E-state index in [0.29, 0.717) is 0 Å². The van der Waals surface area contributed by atoms with Crippen molar-refractivity contribution < 1.29 is 4.79 Å². The van der Waals surface area contributed by atoms with Gasteiger partial charge in [0, 0.05) is 11.2 Å². The van der Waals surface area contributed by atoms with Gasteiger partial charge in [-0.2, -0.15) is 0 Å². The molecule has 74 valence electrons. The summed E-state index contributed by atoms with van der Waals surface area (Å²) in [4.78, 5) is 15.7. The van der Waals surface area contributed by atoms with Crippen LogP contribution in [0.1, 0.15) is 34.6 Å². The van der Waals surface area contributed by atoms with Crippen LogP contribution in [0, 0.1) is 10.8 Å². The fraction of sp³-hybridized carbons (Fsp3) is 0.800. The van der Waals surface area contributed by atoms with E-state index < -0.39 is 0 Å². The quantitative estimate of drug-likeness (QED) is 0.600. The summed E-state index contributed by atoms with van der Waals surface area (Å²) in [6.45, 7) is 10.2. The van der Waals surface area contributed by atoms with Crippen LogP contribution >= 0.6 is 11.8 Å². The van der Waals surface area contributed by atoms with Gasteiger partial charge < -0.3 is 0 Å². The number of carbonyl (C=O) groups excluding carboxylic acids is 1. The van der Waals surface area contributed by atoms with Gasteiger partial charge in [0.25, 0.3) is 5.91 Å². The Balaban J connectivity index is 2.92. The van der Waals surface area contributed by atoms with E-state index in [4.69, 9.17) is 0 Å². The highest BCUT2D eigenvalue weighted by atomic mass is 32.2. The maximum Gasteiger partial charge on any atom is 0.252 e. The molecule has 0 aliphatic carbocycles. The molecule has 3 heteroatoms. The van der Waals surface area contributed by atoms with Crippen molar-refractivity contribution in [1.29, 1.82) is 0 Å². The first-order valence-corrected chi connectivity index (χ1v) is 5.48. The number of amides is 1. The molecule has 1 amide bonds. The smallest absolute Gasteiger partial charge is 0.252 e. The van der Waals surface area contributed by atoms with E-state index in [0.717, 1.165) is 10.8 Å². The lowest BCUT2D eigenvalue weighted by atomic mass is 9.94. The van der Waals surface area contributed by atoms with Crippen molar-refractivity contribution in [1.82, 2.24) is 0 Å². The monoisotopic (exact) mass is 199 g/mol. The second kappa shape index (κ2) is 3.12. The fourth-order valence-electron chi connectivity index (χ4n) is 0.971. The molecule has 1 aliphatic heterocycles. The van der Waals surface area contributed by atoms with Gasteiger partial charge in [-0.3, -0.25) is 4.79 Å². The highest BCUT2D eigenvalue weighted by molar-refractivity contribution is 8.14. The zero-order valence-corrected chi connectivity index (χ0v) is 9.79. The van der Waals surface area contributed by atoms with E-state index in [1.807, 2.05) is 13.8 Å². The Morgan fingerprint density at radius 3 is 2.31 bits per heavy atom. The SMILES string of the molecule is CC(C)(C)C1=NC(=O)C(C)(C)CS1. The lowest BCUT2D eigenvalue weighted by Gasteiger charge is -2.30. The highest BCUT2D eigenvalue weighted by Crippen LogP contribution is 2.35. The topological polar surface area (TPSA) is 29.4 Å². The lowest BCUT2D eigenvalue weighted by Crippen LogP contribution is -2.34. The minimum Gasteiger partial charge on any atom is -0.272 e. The summed E-state index contributed by atoms with van der Waals surface area (Å²) in [6.07, 6.45) is 0. The molecule has 13 heavy (non-hydrogen) atoms. The predicted molar refractivity (Wildman–Crippen MR) is 58.1 cm³/mol. The molecule has 0 radical (unpaired) electrons. The van der Waals surface area contributed by atoms with Gasteiger partial charge in [-0.15, -0.1) is 11.8 Å². The molecule has 0 N–H and O–H groups in total. The van der Waals surface area contributed by atoms with E-state index in [-0.39, 0.29) is 16.7 Å². The molecular formula is C10H17NOS. The Labute approximate surface area is 84.2 Å². The maximum atomic E-state index is 11.6. The summed E-state index contributed by atoms with van der Waals surface area (Å²) < 4.78 is 0. The van der Waals surface area contributed by atoms with Crippen LogP contribution in [0.4, 0.5) is 0 Å². The normalized spacial score (nSPS) is 22.8. The summed E-state index contributed by atoms with van der Waals surface area (Å²) >= 11 is 1.71. The Bertz CT molecular complexity index is 261. The van der Waals surface area contributed by atoms with Crippen molar-refractivity contribution in [3.63, 3.8) is 0 Å². The van der Waals surface area contributed by atoms with Crippen molar-refractivity contribution in [3.8, 4) is 0 Å². The molecule has 0 aromatic rings. The Kier molecular flexibility index (Phi) is 2.59. The minimum absolute atomic E-state index is 0.0107. The van der Waals surface area contributed by atoms with Crippen LogP contribution in [-0.2, 0) is 4.79 Å². The third kappa shape index (κ3) is 2.33. The zero-order valence-electron chi connectivity index (χ0n) is 8.97. The van der Waals surface area contributed by atoms with E-state index >= 15 is 0 Å². The Hall–Kier alpha value is -0.310. The molecule has 1 rings (SSSR count). The third-order valence-electron chi connectivity index (χ3n) is 1.99. The highest BCUT2D eigenvalue weighted by Gasteiger charge is 2.35. The Morgan fingerprint density at radius 1 is 1.38 bits per heavy atom. The van der Waals surface area contributed by atoms with Gasteiger partial charge in [0.2, 0.25) is 0 Å². The van der Waals surface area contributed by atoms with Gasteiger partial charge in [-0.1, -0.05) is 34.6 Å². The number of nitrogens with zero attached hydrogens (tertiary/aromatic N) is 1. The molecular weight excluding hydrogens is 182 g/mol. The first-order valence-electron chi connectivity index (χ1n) is 4.50. The number of thioether (sulfide) groups is 1. The molecule has 0 bridgehead atoms. The summed E-state index contributed by atoms with van der Waals surface area (Å²) in [5, 5.41) is 0.969. The fourth-order valence-corrected chi connectivity index (χ4v) is 2.17. The molecule has 0 aromatic carbocycles. The van der Waals surface area contributed by atoms with Crippen molar-refractivity contribution in [3.05, 3.63) is 0 Å². The first-order chi connectivity index (χ1) is 5.73. The third-order valence-corrected chi connectivity index (χ3v) is 3.84. The van der Waals surface area contributed by atoms with Crippen LogP contribution in [0.2, 0.25) is 0 Å². The molecule has 0 saturated carbocycles. The number of hydrogen-bond acceptors (Lipinski definition) is 2. The van der Waals surface area contributed by atoms with Crippen LogP contribution in [0.15, 0.2) is 4.99 Å². The Morgan fingerprint density at radius 2 is 1.92 bits per heavy atom. The van der Waals surface area contributed by atoms with Gasteiger partial charge in [0.1, 0.15) is 0 Å². The van der Waals surface area contributed by atoms with Gasteiger partial charge in [-0.05, 0) is 0 Å². The first kappa shape index (κ1) is 10.8. The molecule has 0 aromatic heterocycles. The molecule has 1 heterocycles. The second-order valence-electron chi connectivity index (χ2n) is 5.14. The predicted octanol–water partition coefficient (Wildman–Crippen LogP) is 2.73. The lowest BCUT2D eigenvalue weighted by molar-refractivity contribution is -0.124. The standard InChI is InChI=1S/C10H17NOS/c1-9(2,3)8-11-7(12)10(4,5)6-13-8/h6H2,1-5H3. The van der Waals surface area contributed by atoms with Crippen molar-refractivity contribution in [2.75, 3.05) is 5.75 Å². The van der Waals surface area contributed by atoms with Crippen LogP contribution in [-0.4, -0.2) is 16.7 Å². The molecule has 1 aliphatic rings. The molecule has 0 spiro atoms. The molecule has 0 saturated heterocycles. The van der Waals surface area contributed by atoms with Crippen LogP contribution in [0.25, 0.3) is 0 Å². The zero-order chi connectivity index (χ0) is 10.3. The van der Waals surface area contributed by atoms with Crippen LogP contribution < -0.4 is 0 Å². The van der Waals surface area contributed by atoms with E-state index in [1.165, 1.54) is 0 Å². The number of rotatable bonds is 0. The molecule has 2 nitrogen and oxygen atoms in total. The van der Waals surface area contributed by atoms with E-state index in [2.05, 4.69) is 25.8 Å². The van der Waals surface area contributed by atoms with Crippen molar-refractivity contribution in [2.24, 2.45) is 15.8 Å². The van der Waals surface area contributed by atoms with Crippen LogP contribution in [0.3, 0.4) is 0 Å². The summed E-state index contributed by atoms with van der Waals surface area (Å²) in [5.74, 6) is 0.873.